The zero-order valence-electron chi connectivity index (χ0n) is 10.3. The van der Waals surface area contributed by atoms with Crippen LogP contribution < -0.4 is 5.32 Å². The van der Waals surface area contributed by atoms with Crippen molar-refractivity contribution in [3.63, 3.8) is 0 Å². The molecule has 1 aromatic carbocycles. The molecule has 0 fully saturated rings. The monoisotopic (exact) mass is 240 g/mol. The molecule has 90 valence electrons. The molecule has 0 saturated carbocycles. The van der Waals surface area contributed by atoms with E-state index in [-0.39, 0.29) is 0 Å². The minimum atomic E-state index is 0.400. The van der Waals surface area contributed by atoms with Crippen molar-refractivity contribution in [2.45, 2.75) is 19.9 Å². The summed E-state index contributed by atoms with van der Waals surface area (Å²) in [4.78, 5) is 2.33. The van der Waals surface area contributed by atoms with E-state index in [0.717, 1.165) is 24.7 Å². The lowest BCUT2D eigenvalue weighted by molar-refractivity contribution is 0.262. The molecule has 1 rings (SSSR count). The second-order valence-electron chi connectivity index (χ2n) is 4.07. The summed E-state index contributed by atoms with van der Waals surface area (Å²) < 4.78 is 0. The van der Waals surface area contributed by atoms with Crippen LogP contribution in [-0.4, -0.2) is 31.6 Å². The van der Waals surface area contributed by atoms with Crippen LogP contribution in [0.15, 0.2) is 24.3 Å². The van der Waals surface area contributed by atoms with Crippen molar-refractivity contribution in [3.8, 4) is 0 Å². The number of likely N-dealkylation sites (N-methyl/N-ethyl adjacent to an activating group) is 2. The molecule has 1 unspecified atom stereocenters. The summed E-state index contributed by atoms with van der Waals surface area (Å²) in [7, 11) is 2.14. The lowest BCUT2D eigenvalue weighted by atomic mass is 10.1. The summed E-state index contributed by atoms with van der Waals surface area (Å²) in [5.41, 5.74) is 1.27. The minimum Gasteiger partial charge on any atom is -0.316 e. The molecule has 0 bridgehead atoms. The molecule has 0 amide bonds. The molecular formula is C13H21ClN2. The van der Waals surface area contributed by atoms with Gasteiger partial charge in [-0.15, -0.1) is 0 Å². The van der Waals surface area contributed by atoms with Crippen molar-refractivity contribution >= 4 is 11.6 Å². The van der Waals surface area contributed by atoms with Gasteiger partial charge in [0.25, 0.3) is 0 Å². The Labute approximate surface area is 104 Å². The van der Waals surface area contributed by atoms with Crippen LogP contribution in [0.25, 0.3) is 0 Å². The Bertz CT molecular complexity index is 315. The normalized spacial score (nSPS) is 13.1. The first-order valence-corrected chi connectivity index (χ1v) is 6.19. The van der Waals surface area contributed by atoms with Crippen LogP contribution >= 0.6 is 11.6 Å². The first kappa shape index (κ1) is 13.5. The summed E-state index contributed by atoms with van der Waals surface area (Å²) in [5.74, 6) is 0. The summed E-state index contributed by atoms with van der Waals surface area (Å²) in [6.07, 6.45) is 0. The van der Waals surface area contributed by atoms with Crippen molar-refractivity contribution in [3.05, 3.63) is 34.9 Å². The predicted octanol–water partition coefficient (Wildman–Crippen LogP) is 2.94. The minimum absolute atomic E-state index is 0.400. The highest BCUT2D eigenvalue weighted by Gasteiger charge is 2.10. The van der Waals surface area contributed by atoms with Gasteiger partial charge < -0.3 is 5.32 Å². The molecule has 1 atom stereocenters. The van der Waals surface area contributed by atoms with Gasteiger partial charge in [0.15, 0.2) is 0 Å². The molecule has 0 spiro atoms. The molecule has 0 aliphatic heterocycles. The highest BCUT2D eigenvalue weighted by atomic mass is 35.5. The van der Waals surface area contributed by atoms with Crippen molar-refractivity contribution < 1.29 is 0 Å². The maximum Gasteiger partial charge on any atom is 0.0409 e. The van der Waals surface area contributed by atoms with Gasteiger partial charge in [0, 0.05) is 24.2 Å². The molecule has 16 heavy (non-hydrogen) atoms. The van der Waals surface area contributed by atoms with E-state index in [1.807, 2.05) is 18.2 Å². The fraction of sp³-hybridized carbons (Fsp3) is 0.538. The van der Waals surface area contributed by atoms with E-state index in [2.05, 4.69) is 37.2 Å². The lowest BCUT2D eigenvalue weighted by Gasteiger charge is -2.25. The maximum absolute atomic E-state index is 5.99. The highest BCUT2D eigenvalue weighted by molar-refractivity contribution is 6.30. The van der Waals surface area contributed by atoms with E-state index in [1.165, 1.54) is 5.56 Å². The average Bonchev–Trinajstić information content (AvgIpc) is 2.28. The number of benzene rings is 1. The van der Waals surface area contributed by atoms with Gasteiger partial charge in [-0.1, -0.05) is 30.7 Å². The molecule has 0 aliphatic carbocycles. The lowest BCUT2D eigenvalue weighted by Crippen LogP contribution is -2.31. The van der Waals surface area contributed by atoms with Gasteiger partial charge in [0.1, 0.15) is 0 Å². The van der Waals surface area contributed by atoms with Gasteiger partial charge in [0.05, 0.1) is 0 Å². The molecule has 2 nitrogen and oxygen atoms in total. The van der Waals surface area contributed by atoms with Crippen LogP contribution in [-0.2, 0) is 0 Å². The zero-order valence-corrected chi connectivity index (χ0v) is 11.1. The third kappa shape index (κ3) is 4.12. The number of halogens is 1. The van der Waals surface area contributed by atoms with E-state index >= 15 is 0 Å². The standard InChI is InChI=1S/C13H21ClN2/c1-4-15-8-9-16(3)11(2)12-6-5-7-13(14)10-12/h5-7,10-11,15H,4,8-9H2,1-3H3. The van der Waals surface area contributed by atoms with E-state index < -0.39 is 0 Å². The second-order valence-corrected chi connectivity index (χ2v) is 4.50. The third-order valence-electron chi connectivity index (χ3n) is 2.88. The highest BCUT2D eigenvalue weighted by Crippen LogP contribution is 2.21. The summed E-state index contributed by atoms with van der Waals surface area (Å²) in [6, 6.07) is 8.48. The third-order valence-corrected chi connectivity index (χ3v) is 3.12. The average molecular weight is 241 g/mol. The Hall–Kier alpha value is -0.570. The Kier molecular flexibility index (Phi) is 5.81. The van der Waals surface area contributed by atoms with Gasteiger partial charge in [-0.2, -0.15) is 0 Å². The number of rotatable bonds is 6. The van der Waals surface area contributed by atoms with E-state index in [0.29, 0.717) is 6.04 Å². The molecular weight excluding hydrogens is 220 g/mol. The first-order valence-electron chi connectivity index (χ1n) is 5.81. The maximum atomic E-state index is 5.99. The molecule has 1 N–H and O–H groups in total. The molecule has 0 saturated heterocycles. The summed E-state index contributed by atoms with van der Waals surface area (Å²) >= 11 is 5.99. The Morgan fingerprint density at radius 2 is 2.19 bits per heavy atom. The van der Waals surface area contributed by atoms with Crippen molar-refractivity contribution in [1.29, 1.82) is 0 Å². The zero-order chi connectivity index (χ0) is 12.0. The number of hydrogen-bond acceptors (Lipinski definition) is 2. The van der Waals surface area contributed by atoms with E-state index in [9.17, 15) is 0 Å². The van der Waals surface area contributed by atoms with Crippen LogP contribution in [0.5, 0.6) is 0 Å². The van der Waals surface area contributed by atoms with Gasteiger partial charge in [-0.05, 0) is 38.2 Å². The fourth-order valence-corrected chi connectivity index (χ4v) is 1.85. The molecule has 0 aromatic heterocycles. The van der Waals surface area contributed by atoms with Crippen LogP contribution in [0.2, 0.25) is 5.02 Å². The molecule has 0 aliphatic rings. The molecule has 1 aromatic rings. The van der Waals surface area contributed by atoms with Crippen molar-refractivity contribution in [2.75, 3.05) is 26.7 Å². The number of nitrogens with zero attached hydrogens (tertiary/aromatic N) is 1. The van der Waals surface area contributed by atoms with E-state index in [4.69, 9.17) is 11.6 Å². The Morgan fingerprint density at radius 3 is 2.81 bits per heavy atom. The van der Waals surface area contributed by atoms with Gasteiger partial charge in [0.2, 0.25) is 0 Å². The largest absolute Gasteiger partial charge is 0.316 e. The second kappa shape index (κ2) is 6.89. The topological polar surface area (TPSA) is 15.3 Å². The summed E-state index contributed by atoms with van der Waals surface area (Å²) in [5, 5.41) is 4.14. The Balaban J connectivity index is 2.52. The molecule has 0 radical (unpaired) electrons. The van der Waals surface area contributed by atoms with E-state index in [1.54, 1.807) is 0 Å². The van der Waals surface area contributed by atoms with Crippen LogP contribution in [0.1, 0.15) is 25.5 Å². The van der Waals surface area contributed by atoms with Gasteiger partial charge in [-0.25, -0.2) is 0 Å². The smallest absolute Gasteiger partial charge is 0.0409 e. The molecule has 3 heteroatoms. The Morgan fingerprint density at radius 1 is 1.44 bits per heavy atom. The quantitative estimate of drug-likeness (QED) is 0.770. The van der Waals surface area contributed by atoms with Crippen LogP contribution in [0, 0.1) is 0 Å². The SMILES string of the molecule is CCNCCN(C)C(C)c1cccc(Cl)c1. The van der Waals surface area contributed by atoms with Gasteiger partial charge in [-0.3, -0.25) is 4.90 Å². The van der Waals surface area contributed by atoms with Crippen molar-refractivity contribution in [2.24, 2.45) is 0 Å². The van der Waals surface area contributed by atoms with Gasteiger partial charge >= 0.3 is 0 Å². The number of nitrogens with one attached hydrogen (secondary N) is 1. The summed E-state index contributed by atoms with van der Waals surface area (Å²) in [6.45, 7) is 7.43. The molecule has 0 heterocycles. The van der Waals surface area contributed by atoms with Crippen molar-refractivity contribution in [1.82, 2.24) is 10.2 Å². The van der Waals surface area contributed by atoms with Crippen LogP contribution in [0.4, 0.5) is 0 Å². The van der Waals surface area contributed by atoms with Crippen LogP contribution in [0.3, 0.4) is 0 Å². The predicted molar refractivity (Wildman–Crippen MR) is 71.0 cm³/mol. The number of hydrogen-bond donors (Lipinski definition) is 1. The first-order chi connectivity index (χ1) is 7.65. The fourth-order valence-electron chi connectivity index (χ4n) is 1.65.